The molecule has 1 amide bonds. The van der Waals surface area contributed by atoms with Crippen LogP contribution in [0.25, 0.3) is 0 Å². The van der Waals surface area contributed by atoms with Crippen LogP contribution in [0, 0.1) is 17.3 Å². The van der Waals surface area contributed by atoms with Crippen LogP contribution in [0.2, 0.25) is 0 Å². The third-order valence-corrected chi connectivity index (χ3v) is 7.12. The van der Waals surface area contributed by atoms with Crippen molar-refractivity contribution in [3.8, 4) is 0 Å². The molecule has 0 radical (unpaired) electrons. The Hall–Kier alpha value is -1.36. The highest BCUT2D eigenvalue weighted by Gasteiger charge is 2.37. The summed E-state index contributed by atoms with van der Waals surface area (Å²) < 4.78 is 5.28. The fraction of sp³-hybridized carbons (Fsp3) is 0.700. The van der Waals surface area contributed by atoms with Crippen LogP contribution in [0.5, 0.6) is 0 Å². The number of amides is 1. The van der Waals surface area contributed by atoms with E-state index in [4.69, 9.17) is 4.74 Å². The van der Waals surface area contributed by atoms with Crippen LogP contribution >= 0.6 is 11.3 Å². The first-order valence-electron chi connectivity index (χ1n) is 9.49. The molecule has 1 fully saturated rings. The van der Waals surface area contributed by atoms with Gasteiger partial charge in [-0.3, -0.25) is 4.79 Å². The van der Waals surface area contributed by atoms with Crippen LogP contribution in [-0.4, -0.2) is 18.5 Å². The van der Waals surface area contributed by atoms with E-state index in [9.17, 15) is 9.59 Å². The van der Waals surface area contributed by atoms with E-state index in [2.05, 4.69) is 26.1 Å². The van der Waals surface area contributed by atoms with E-state index in [1.54, 1.807) is 11.3 Å². The van der Waals surface area contributed by atoms with E-state index < -0.39 is 0 Å². The lowest BCUT2D eigenvalue weighted by Gasteiger charge is -2.36. The average molecular weight is 364 g/mol. The summed E-state index contributed by atoms with van der Waals surface area (Å²) in [5.74, 6) is 0.500. The van der Waals surface area contributed by atoms with Gasteiger partial charge in [-0.05, 0) is 55.9 Å². The van der Waals surface area contributed by atoms with Crippen molar-refractivity contribution in [1.82, 2.24) is 0 Å². The zero-order valence-corrected chi connectivity index (χ0v) is 16.6. The number of carbonyl (C=O) groups is 2. The van der Waals surface area contributed by atoms with E-state index in [-0.39, 0.29) is 17.8 Å². The van der Waals surface area contributed by atoms with Gasteiger partial charge in [0.1, 0.15) is 5.00 Å². The van der Waals surface area contributed by atoms with Gasteiger partial charge < -0.3 is 10.1 Å². The highest BCUT2D eigenvalue weighted by molar-refractivity contribution is 7.17. The molecule has 1 saturated carbocycles. The summed E-state index contributed by atoms with van der Waals surface area (Å²) in [7, 11) is 0. The van der Waals surface area contributed by atoms with Gasteiger partial charge in [-0.2, -0.15) is 0 Å². The number of anilines is 1. The highest BCUT2D eigenvalue weighted by Crippen LogP contribution is 2.46. The highest BCUT2D eigenvalue weighted by atomic mass is 32.1. The molecule has 1 heterocycles. The van der Waals surface area contributed by atoms with Crippen LogP contribution in [0.1, 0.15) is 74.2 Å². The largest absolute Gasteiger partial charge is 0.462 e. The van der Waals surface area contributed by atoms with Crippen LogP contribution in [0.15, 0.2) is 0 Å². The molecule has 0 saturated heterocycles. The van der Waals surface area contributed by atoms with Gasteiger partial charge in [-0.1, -0.05) is 27.2 Å². The Bertz CT molecular complexity index is 673. The first-order valence-corrected chi connectivity index (χ1v) is 10.3. The van der Waals surface area contributed by atoms with Crippen molar-refractivity contribution in [2.24, 2.45) is 17.3 Å². The summed E-state index contributed by atoms with van der Waals surface area (Å²) >= 11 is 1.59. The monoisotopic (exact) mass is 363 g/mol. The molecule has 1 aromatic heterocycles. The minimum absolute atomic E-state index is 0.0505. The molecule has 1 atom stereocenters. The summed E-state index contributed by atoms with van der Waals surface area (Å²) in [6, 6.07) is 0. The predicted octanol–water partition coefficient (Wildman–Crippen LogP) is 4.81. The Labute approximate surface area is 154 Å². The quantitative estimate of drug-likeness (QED) is 0.738. The zero-order chi connectivity index (χ0) is 18.2. The van der Waals surface area contributed by atoms with Gasteiger partial charge in [0.05, 0.1) is 12.2 Å². The van der Waals surface area contributed by atoms with Gasteiger partial charge in [0.25, 0.3) is 0 Å². The van der Waals surface area contributed by atoms with Gasteiger partial charge in [0.2, 0.25) is 5.91 Å². The molecule has 0 bridgehead atoms. The Kier molecular flexibility index (Phi) is 5.24. The molecular weight excluding hydrogens is 334 g/mol. The number of carbonyl (C=O) groups excluding carboxylic acids is 2. The van der Waals surface area contributed by atoms with E-state index in [1.165, 1.54) is 4.88 Å². The second-order valence-corrected chi connectivity index (χ2v) is 9.08. The second kappa shape index (κ2) is 7.10. The second-order valence-electron chi connectivity index (χ2n) is 7.97. The third-order valence-electron chi connectivity index (χ3n) is 5.95. The molecule has 25 heavy (non-hydrogen) atoms. The molecule has 4 nitrogen and oxygen atoms in total. The minimum Gasteiger partial charge on any atom is -0.462 e. The fourth-order valence-corrected chi connectivity index (χ4v) is 4.93. The van der Waals surface area contributed by atoms with Crippen LogP contribution in [-0.2, 0) is 22.4 Å². The summed E-state index contributed by atoms with van der Waals surface area (Å²) in [6.45, 7) is 9.08. The molecule has 2 aliphatic rings. The summed E-state index contributed by atoms with van der Waals surface area (Å²) in [5.41, 5.74) is 2.02. The molecular formula is C20H29NO3S. The number of esters is 1. The maximum absolute atomic E-state index is 12.5. The molecule has 1 N–H and O–H groups in total. The molecule has 1 unspecified atom stereocenters. The van der Waals surface area contributed by atoms with E-state index in [0.717, 1.165) is 44.1 Å². The Morgan fingerprint density at radius 3 is 2.56 bits per heavy atom. The minimum atomic E-state index is -0.292. The summed E-state index contributed by atoms with van der Waals surface area (Å²) in [5, 5.41) is 3.72. The standard InChI is InChI=1S/C20H29NO3S/c1-5-20(3,4)13-9-10-14-15(11-13)25-18(16(14)19(23)24-6-2)21-17(22)12-7-8-12/h12-13H,5-11H2,1-4H3,(H,21,22). The van der Waals surface area contributed by atoms with Crippen LogP contribution in [0.3, 0.4) is 0 Å². The lowest BCUT2D eigenvalue weighted by atomic mass is 9.69. The molecule has 0 aromatic carbocycles. The molecule has 1 aromatic rings. The number of thiophene rings is 1. The van der Waals surface area contributed by atoms with E-state index in [1.807, 2.05) is 6.92 Å². The van der Waals surface area contributed by atoms with E-state index >= 15 is 0 Å². The number of hydrogen-bond donors (Lipinski definition) is 1. The maximum Gasteiger partial charge on any atom is 0.341 e. The van der Waals surface area contributed by atoms with Crippen LogP contribution in [0.4, 0.5) is 5.00 Å². The zero-order valence-electron chi connectivity index (χ0n) is 15.7. The van der Waals surface area contributed by atoms with Crippen molar-refractivity contribution in [1.29, 1.82) is 0 Å². The van der Waals surface area contributed by atoms with Gasteiger partial charge >= 0.3 is 5.97 Å². The lowest BCUT2D eigenvalue weighted by Crippen LogP contribution is -2.28. The first kappa shape index (κ1) is 18.4. The van der Waals surface area contributed by atoms with Crippen molar-refractivity contribution in [3.63, 3.8) is 0 Å². The van der Waals surface area contributed by atoms with Gasteiger partial charge in [0.15, 0.2) is 0 Å². The normalized spacial score (nSPS) is 20.1. The third kappa shape index (κ3) is 3.76. The van der Waals surface area contributed by atoms with Gasteiger partial charge in [-0.15, -0.1) is 11.3 Å². The molecule has 3 rings (SSSR count). The first-order chi connectivity index (χ1) is 11.9. The fourth-order valence-electron chi connectivity index (χ4n) is 3.61. The number of nitrogens with one attached hydrogen (secondary N) is 1. The van der Waals surface area contributed by atoms with Crippen molar-refractivity contribution in [3.05, 3.63) is 16.0 Å². The lowest BCUT2D eigenvalue weighted by molar-refractivity contribution is -0.117. The Balaban J connectivity index is 1.90. The SMILES string of the molecule is CCOC(=O)c1c(NC(=O)C2CC2)sc2c1CCC(C(C)(C)CC)C2. The molecule has 0 aliphatic heterocycles. The number of hydrogen-bond acceptors (Lipinski definition) is 4. The van der Waals surface area contributed by atoms with Crippen molar-refractivity contribution in [2.75, 3.05) is 11.9 Å². The predicted molar refractivity (Wildman–Crippen MR) is 101 cm³/mol. The smallest absolute Gasteiger partial charge is 0.341 e. The topological polar surface area (TPSA) is 55.4 Å². The van der Waals surface area contributed by atoms with Crippen molar-refractivity contribution >= 4 is 28.2 Å². The van der Waals surface area contributed by atoms with Gasteiger partial charge in [0, 0.05) is 10.8 Å². The molecule has 2 aliphatic carbocycles. The summed E-state index contributed by atoms with van der Waals surface area (Å²) in [6.07, 6.45) is 6.04. The van der Waals surface area contributed by atoms with Crippen molar-refractivity contribution in [2.45, 2.75) is 66.2 Å². The molecule has 5 heteroatoms. The molecule has 0 spiro atoms. The Morgan fingerprint density at radius 1 is 1.24 bits per heavy atom. The van der Waals surface area contributed by atoms with Gasteiger partial charge in [-0.25, -0.2) is 4.79 Å². The van der Waals surface area contributed by atoms with Crippen LogP contribution < -0.4 is 5.32 Å². The van der Waals surface area contributed by atoms with E-state index in [0.29, 0.717) is 28.5 Å². The maximum atomic E-state index is 12.5. The molecule has 138 valence electrons. The van der Waals surface area contributed by atoms with Crippen molar-refractivity contribution < 1.29 is 14.3 Å². The average Bonchev–Trinajstić information content (AvgIpc) is 3.36. The summed E-state index contributed by atoms with van der Waals surface area (Å²) in [4.78, 5) is 26.0. The Morgan fingerprint density at radius 2 is 1.96 bits per heavy atom. The number of rotatable bonds is 6. The number of fused-ring (bicyclic) bond motifs is 1. The number of ether oxygens (including phenoxy) is 1.